The van der Waals surface area contributed by atoms with Crippen molar-refractivity contribution >= 4 is 17.7 Å². The number of pyridine rings is 1. The van der Waals surface area contributed by atoms with Crippen molar-refractivity contribution < 1.29 is 4.79 Å². The van der Waals surface area contributed by atoms with Gasteiger partial charge in [-0.25, -0.2) is 9.98 Å². The van der Waals surface area contributed by atoms with Crippen LogP contribution in [0.1, 0.15) is 64.4 Å². The van der Waals surface area contributed by atoms with Crippen LogP contribution in [-0.4, -0.2) is 43.0 Å². The Balaban J connectivity index is 1.69. The number of nitrogens with two attached hydrogens (primary N) is 1. The zero-order valence-electron chi connectivity index (χ0n) is 18.6. The molecule has 7 nitrogen and oxygen atoms in total. The van der Waals surface area contributed by atoms with E-state index in [9.17, 15) is 4.79 Å². The van der Waals surface area contributed by atoms with Gasteiger partial charge in [0.2, 0.25) is 5.91 Å². The number of piperidine rings is 1. The fraction of sp³-hybridized carbons (Fsp3) is 0.696. The molecular formula is C23H38N6O. The van der Waals surface area contributed by atoms with E-state index in [4.69, 9.17) is 10.7 Å². The van der Waals surface area contributed by atoms with Crippen LogP contribution in [0.25, 0.3) is 0 Å². The molecule has 166 valence electrons. The third-order valence-corrected chi connectivity index (χ3v) is 6.79. The third-order valence-electron chi connectivity index (χ3n) is 6.79. The van der Waals surface area contributed by atoms with Crippen molar-refractivity contribution in [3.8, 4) is 0 Å². The Kier molecular flexibility index (Phi) is 7.94. The molecule has 1 aromatic rings. The van der Waals surface area contributed by atoms with E-state index in [-0.39, 0.29) is 11.8 Å². The van der Waals surface area contributed by atoms with Gasteiger partial charge < -0.3 is 21.3 Å². The molecule has 0 bridgehead atoms. The number of nitrogens with zero attached hydrogens (tertiary/aromatic N) is 3. The molecule has 1 aromatic heterocycles. The van der Waals surface area contributed by atoms with E-state index in [2.05, 4.69) is 40.4 Å². The van der Waals surface area contributed by atoms with Crippen LogP contribution in [0, 0.1) is 11.3 Å². The van der Waals surface area contributed by atoms with Gasteiger partial charge >= 0.3 is 0 Å². The molecule has 2 heterocycles. The van der Waals surface area contributed by atoms with Gasteiger partial charge in [0, 0.05) is 37.9 Å². The molecule has 1 aliphatic heterocycles. The van der Waals surface area contributed by atoms with Gasteiger partial charge in [0.25, 0.3) is 0 Å². The third kappa shape index (κ3) is 5.64. The predicted octanol–water partition coefficient (Wildman–Crippen LogP) is 2.81. The SMILES string of the molecule is CCNC(=NCc1cccnc1N1CCCC(C(N)=O)C1)NCC1(CC)CCCC1. The van der Waals surface area contributed by atoms with Crippen LogP contribution in [0.2, 0.25) is 0 Å². The summed E-state index contributed by atoms with van der Waals surface area (Å²) in [4.78, 5) is 23.3. The van der Waals surface area contributed by atoms with Crippen molar-refractivity contribution in [2.24, 2.45) is 22.1 Å². The highest BCUT2D eigenvalue weighted by Crippen LogP contribution is 2.40. The van der Waals surface area contributed by atoms with Gasteiger partial charge in [0.1, 0.15) is 5.82 Å². The summed E-state index contributed by atoms with van der Waals surface area (Å²) in [6.45, 7) is 8.29. The molecule has 0 radical (unpaired) electrons. The van der Waals surface area contributed by atoms with Crippen LogP contribution in [0.3, 0.4) is 0 Å². The number of primary amides is 1. The summed E-state index contributed by atoms with van der Waals surface area (Å²) >= 11 is 0. The lowest BCUT2D eigenvalue weighted by atomic mass is 9.83. The molecule has 1 unspecified atom stereocenters. The quantitative estimate of drug-likeness (QED) is 0.449. The van der Waals surface area contributed by atoms with Gasteiger partial charge in [0.05, 0.1) is 12.5 Å². The van der Waals surface area contributed by atoms with Gasteiger partial charge in [-0.1, -0.05) is 25.8 Å². The number of carbonyl (C=O) groups excluding carboxylic acids is 1. The molecule has 4 N–H and O–H groups in total. The summed E-state index contributed by atoms with van der Waals surface area (Å²) in [5, 5.41) is 6.97. The molecule has 0 aromatic carbocycles. The molecule has 7 heteroatoms. The first-order chi connectivity index (χ1) is 14.6. The lowest BCUT2D eigenvalue weighted by Crippen LogP contribution is -2.43. The van der Waals surface area contributed by atoms with E-state index in [0.717, 1.165) is 49.8 Å². The predicted molar refractivity (Wildman–Crippen MR) is 122 cm³/mol. The first kappa shape index (κ1) is 22.4. The highest BCUT2D eigenvalue weighted by Gasteiger charge is 2.32. The second kappa shape index (κ2) is 10.6. The van der Waals surface area contributed by atoms with Crippen LogP contribution in [-0.2, 0) is 11.3 Å². The van der Waals surface area contributed by atoms with Gasteiger partial charge in [-0.2, -0.15) is 0 Å². The first-order valence-electron chi connectivity index (χ1n) is 11.6. The maximum absolute atomic E-state index is 11.7. The van der Waals surface area contributed by atoms with Gasteiger partial charge in [0.15, 0.2) is 5.96 Å². The lowest BCUT2D eigenvalue weighted by molar-refractivity contribution is -0.122. The monoisotopic (exact) mass is 414 g/mol. The van der Waals surface area contributed by atoms with Crippen molar-refractivity contribution in [2.45, 2.75) is 65.3 Å². The zero-order valence-corrected chi connectivity index (χ0v) is 18.6. The van der Waals surface area contributed by atoms with Crippen molar-refractivity contribution in [1.82, 2.24) is 15.6 Å². The first-order valence-corrected chi connectivity index (χ1v) is 11.6. The fourth-order valence-electron chi connectivity index (χ4n) is 4.80. The number of aromatic nitrogens is 1. The number of carbonyl (C=O) groups is 1. The second-order valence-corrected chi connectivity index (χ2v) is 8.78. The van der Waals surface area contributed by atoms with Crippen molar-refractivity contribution in [2.75, 3.05) is 31.1 Å². The van der Waals surface area contributed by atoms with Crippen molar-refractivity contribution in [3.05, 3.63) is 23.9 Å². The highest BCUT2D eigenvalue weighted by molar-refractivity contribution is 5.80. The topological polar surface area (TPSA) is 95.6 Å². The van der Waals surface area contributed by atoms with E-state index >= 15 is 0 Å². The average molecular weight is 415 g/mol. The number of nitrogens with one attached hydrogen (secondary N) is 2. The standard InChI is InChI=1S/C23H38N6O/c1-3-23(11-5-6-12-23)17-28-22(25-4-2)27-15-18-9-7-13-26-21(18)29-14-8-10-19(16-29)20(24)30/h7,9,13,19H,3-6,8,10-12,14-17H2,1-2H3,(H2,24,30)(H2,25,27,28). The van der Waals surface area contributed by atoms with Crippen molar-refractivity contribution in [1.29, 1.82) is 0 Å². The number of aliphatic imine (C=N–C) groups is 1. The molecule has 1 aliphatic carbocycles. The molecule has 1 saturated carbocycles. The normalized spacial score (nSPS) is 21.5. The average Bonchev–Trinajstić information content (AvgIpc) is 3.25. The summed E-state index contributed by atoms with van der Waals surface area (Å²) in [7, 11) is 0. The highest BCUT2D eigenvalue weighted by atomic mass is 16.1. The molecule has 0 spiro atoms. The number of anilines is 1. The van der Waals surface area contributed by atoms with Crippen LogP contribution < -0.4 is 21.3 Å². The minimum Gasteiger partial charge on any atom is -0.369 e. The molecule has 2 fully saturated rings. The molecule has 1 amide bonds. The van der Waals surface area contributed by atoms with Crippen LogP contribution >= 0.6 is 0 Å². The van der Waals surface area contributed by atoms with Gasteiger partial charge in [-0.3, -0.25) is 4.79 Å². The summed E-state index contributed by atoms with van der Waals surface area (Å²) < 4.78 is 0. The Morgan fingerprint density at radius 3 is 2.80 bits per heavy atom. The largest absolute Gasteiger partial charge is 0.369 e. The van der Waals surface area contributed by atoms with E-state index in [1.165, 1.54) is 32.1 Å². The minimum atomic E-state index is -0.217. The number of hydrogen-bond acceptors (Lipinski definition) is 4. The van der Waals surface area contributed by atoms with E-state index in [1.807, 2.05) is 12.3 Å². The summed E-state index contributed by atoms with van der Waals surface area (Å²) in [5.41, 5.74) is 7.04. The molecular weight excluding hydrogens is 376 g/mol. The maximum atomic E-state index is 11.7. The molecule has 1 atom stereocenters. The zero-order chi connectivity index (χ0) is 21.4. The Hall–Kier alpha value is -2.31. The van der Waals surface area contributed by atoms with Crippen LogP contribution in [0.5, 0.6) is 0 Å². The molecule has 2 aliphatic rings. The van der Waals surface area contributed by atoms with Crippen molar-refractivity contribution in [3.63, 3.8) is 0 Å². The fourth-order valence-corrected chi connectivity index (χ4v) is 4.80. The van der Waals surface area contributed by atoms with Crippen LogP contribution in [0.15, 0.2) is 23.3 Å². The Morgan fingerprint density at radius 1 is 1.30 bits per heavy atom. The maximum Gasteiger partial charge on any atom is 0.222 e. The summed E-state index contributed by atoms with van der Waals surface area (Å²) in [6, 6.07) is 4.03. The smallest absolute Gasteiger partial charge is 0.222 e. The Labute approximate surface area is 180 Å². The summed E-state index contributed by atoms with van der Waals surface area (Å²) in [5.74, 6) is 1.46. The molecule has 1 saturated heterocycles. The van der Waals surface area contributed by atoms with E-state index < -0.39 is 0 Å². The lowest BCUT2D eigenvalue weighted by Gasteiger charge is -2.33. The second-order valence-electron chi connectivity index (χ2n) is 8.78. The van der Waals surface area contributed by atoms with E-state index in [0.29, 0.717) is 18.5 Å². The molecule has 3 rings (SSSR count). The van der Waals surface area contributed by atoms with Gasteiger partial charge in [-0.05, 0) is 50.5 Å². The van der Waals surface area contributed by atoms with E-state index in [1.54, 1.807) is 0 Å². The minimum absolute atomic E-state index is 0.104. The molecule has 30 heavy (non-hydrogen) atoms. The summed E-state index contributed by atoms with van der Waals surface area (Å²) in [6.07, 6.45) is 10.1. The van der Waals surface area contributed by atoms with Gasteiger partial charge in [-0.15, -0.1) is 0 Å². The number of guanidine groups is 1. The number of amides is 1. The number of hydrogen-bond donors (Lipinski definition) is 3. The van der Waals surface area contributed by atoms with Crippen LogP contribution in [0.4, 0.5) is 5.82 Å². The Bertz CT molecular complexity index is 728. The number of rotatable bonds is 8. The Morgan fingerprint density at radius 2 is 2.10 bits per heavy atom.